The lowest BCUT2D eigenvalue weighted by molar-refractivity contribution is 0.438. The average molecular weight is 229 g/mol. The van der Waals surface area contributed by atoms with Crippen molar-refractivity contribution in [3.8, 4) is 0 Å². The first kappa shape index (κ1) is 10.8. The van der Waals surface area contributed by atoms with Crippen LogP contribution in [0.1, 0.15) is 30.1 Å². The molecular formula is C14H19N3. The summed E-state index contributed by atoms with van der Waals surface area (Å²) in [5, 5.41) is 3.41. The molecule has 2 aromatic rings. The fraction of sp³-hybridized carbons (Fsp3) is 0.500. The van der Waals surface area contributed by atoms with Gasteiger partial charge in [0.25, 0.3) is 0 Å². The van der Waals surface area contributed by atoms with Gasteiger partial charge in [-0.25, -0.2) is 4.98 Å². The van der Waals surface area contributed by atoms with Gasteiger partial charge in [-0.05, 0) is 44.5 Å². The average Bonchev–Trinajstić information content (AvgIpc) is 2.70. The minimum Gasteiger partial charge on any atom is -0.331 e. The van der Waals surface area contributed by atoms with Crippen molar-refractivity contribution in [1.82, 2.24) is 14.9 Å². The number of nitrogens with zero attached hydrogens (tertiary/aromatic N) is 2. The second-order valence-corrected chi connectivity index (χ2v) is 5.00. The van der Waals surface area contributed by atoms with Gasteiger partial charge >= 0.3 is 0 Å². The molecule has 0 spiro atoms. The lowest BCUT2D eigenvalue weighted by atomic mass is 9.97. The zero-order valence-corrected chi connectivity index (χ0v) is 10.5. The summed E-state index contributed by atoms with van der Waals surface area (Å²) in [6.07, 6.45) is 2.41. The zero-order valence-electron chi connectivity index (χ0n) is 10.5. The Labute approximate surface area is 102 Å². The van der Waals surface area contributed by atoms with E-state index in [9.17, 15) is 0 Å². The van der Waals surface area contributed by atoms with E-state index in [0.29, 0.717) is 5.92 Å². The van der Waals surface area contributed by atoms with Gasteiger partial charge in [0.15, 0.2) is 0 Å². The molecule has 1 saturated heterocycles. The van der Waals surface area contributed by atoms with E-state index >= 15 is 0 Å². The van der Waals surface area contributed by atoms with E-state index in [4.69, 9.17) is 4.98 Å². The van der Waals surface area contributed by atoms with E-state index in [-0.39, 0.29) is 0 Å². The Morgan fingerprint density at radius 3 is 2.76 bits per heavy atom. The van der Waals surface area contributed by atoms with Crippen molar-refractivity contribution in [2.45, 2.75) is 25.7 Å². The van der Waals surface area contributed by atoms with Crippen LogP contribution in [0.25, 0.3) is 11.0 Å². The summed E-state index contributed by atoms with van der Waals surface area (Å²) in [6, 6.07) is 6.42. The molecule has 0 radical (unpaired) electrons. The summed E-state index contributed by atoms with van der Waals surface area (Å²) in [5.74, 6) is 1.88. The summed E-state index contributed by atoms with van der Waals surface area (Å²) >= 11 is 0. The number of fused-ring (bicyclic) bond motifs is 1. The third-order valence-corrected chi connectivity index (χ3v) is 3.85. The van der Waals surface area contributed by atoms with E-state index in [1.165, 1.54) is 35.3 Å². The van der Waals surface area contributed by atoms with Crippen molar-refractivity contribution >= 4 is 11.0 Å². The monoisotopic (exact) mass is 229 g/mol. The fourth-order valence-corrected chi connectivity index (χ4v) is 2.82. The molecular weight excluding hydrogens is 210 g/mol. The number of aryl methyl sites for hydroxylation is 2. The van der Waals surface area contributed by atoms with E-state index < -0.39 is 0 Å². The SMILES string of the molecule is Cc1cccc2c1nc(C1CCNCC1)n2C. The highest BCUT2D eigenvalue weighted by Crippen LogP contribution is 2.28. The summed E-state index contributed by atoms with van der Waals surface area (Å²) in [7, 11) is 2.14. The van der Waals surface area contributed by atoms with Crippen molar-refractivity contribution in [1.29, 1.82) is 0 Å². The summed E-state index contributed by atoms with van der Waals surface area (Å²) in [5.41, 5.74) is 3.71. The van der Waals surface area contributed by atoms with Gasteiger partial charge < -0.3 is 9.88 Å². The smallest absolute Gasteiger partial charge is 0.112 e. The fourth-order valence-electron chi connectivity index (χ4n) is 2.82. The highest BCUT2D eigenvalue weighted by atomic mass is 15.1. The standard InChI is InChI=1S/C14H19N3/c1-10-4-3-5-12-13(10)16-14(17(12)2)11-6-8-15-9-7-11/h3-5,11,15H,6-9H2,1-2H3. The van der Waals surface area contributed by atoms with Crippen molar-refractivity contribution < 1.29 is 0 Å². The Bertz CT molecular complexity index is 536. The number of nitrogens with one attached hydrogen (secondary N) is 1. The quantitative estimate of drug-likeness (QED) is 0.813. The van der Waals surface area contributed by atoms with Crippen LogP contribution in [0.2, 0.25) is 0 Å². The Kier molecular flexibility index (Phi) is 2.63. The van der Waals surface area contributed by atoms with E-state index in [1.807, 2.05) is 0 Å². The first-order chi connectivity index (χ1) is 8.27. The van der Waals surface area contributed by atoms with Crippen molar-refractivity contribution in [2.24, 2.45) is 7.05 Å². The Morgan fingerprint density at radius 2 is 2.06 bits per heavy atom. The van der Waals surface area contributed by atoms with Crippen LogP contribution < -0.4 is 5.32 Å². The number of imidazole rings is 1. The Hall–Kier alpha value is -1.35. The van der Waals surface area contributed by atoms with Crippen LogP contribution >= 0.6 is 0 Å². The number of rotatable bonds is 1. The highest BCUT2D eigenvalue weighted by Gasteiger charge is 2.21. The number of hydrogen-bond acceptors (Lipinski definition) is 2. The Morgan fingerprint density at radius 1 is 1.29 bits per heavy atom. The first-order valence-corrected chi connectivity index (χ1v) is 6.40. The van der Waals surface area contributed by atoms with E-state index in [1.54, 1.807) is 0 Å². The zero-order chi connectivity index (χ0) is 11.8. The number of piperidine rings is 1. The van der Waals surface area contributed by atoms with Gasteiger partial charge in [0.1, 0.15) is 5.82 Å². The Balaban J connectivity index is 2.10. The summed E-state index contributed by atoms with van der Waals surface area (Å²) in [6.45, 7) is 4.38. The molecule has 3 nitrogen and oxygen atoms in total. The largest absolute Gasteiger partial charge is 0.331 e. The van der Waals surface area contributed by atoms with E-state index in [0.717, 1.165) is 13.1 Å². The first-order valence-electron chi connectivity index (χ1n) is 6.40. The minimum absolute atomic E-state index is 0.619. The predicted molar refractivity (Wildman–Crippen MR) is 70.3 cm³/mol. The van der Waals surface area contributed by atoms with Crippen molar-refractivity contribution in [2.75, 3.05) is 13.1 Å². The molecule has 1 aromatic carbocycles. The van der Waals surface area contributed by atoms with E-state index in [2.05, 4.69) is 42.1 Å². The van der Waals surface area contributed by atoms with Gasteiger partial charge in [-0.1, -0.05) is 12.1 Å². The maximum absolute atomic E-state index is 4.87. The lowest BCUT2D eigenvalue weighted by Crippen LogP contribution is -2.27. The van der Waals surface area contributed by atoms with Gasteiger partial charge in [0, 0.05) is 13.0 Å². The number of aromatic nitrogens is 2. The summed E-state index contributed by atoms with van der Waals surface area (Å²) < 4.78 is 2.28. The molecule has 1 N–H and O–H groups in total. The molecule has 90 valence electrons. The molecule has 1 aliphatic rings. The van der Waals surface area contributed by atoms with Crippen LogP contribution in [0.4, 0.5) is 0 Å². The van der Waals surface area contributed by atoms with Gasteiger partial charge in [-0.15, -0.1) is 0 Å². The van der Waals surface area contributed by atoms with Crippen LogP contribution in [0.5, 0.6) is 0 Å². The van der Waals surface area contributed by atoms with Crippen LogP contribution in [0, 0.1) is 6.92 Å². The normalized spacial score (nSPS) is 17.8. The molecule has 0 atom stereocenters. The molecule has 1 aromatic heterocycles. The van der Waals surface area contributed by atoms with Gasteiger partial charge in [-0.2, -0.15) is 0 Å². The maximum Gasteiger partial charge on any atom is 0.112 e. The van der Waals surface area contributed by atoms with Gasteiger partial charge in [0.2, 0.25) is 0 Å². The van der Waals surface area contributed by atoms with Crippen LogP contribution in [-0.2, 0) is 7.05 Å². The van der Waals surface area contributed by atoms with Crippen molar-refractivity contribution in [3.63, 3.8) is 0 Å². The minimum atomic E-state index is 0.619. The van der Waals surface area contributed by atoms with Crippen molar-refractivity contribution in [3.05, 3.63) is 29.6 Å². The highest BCUT2D eigenvalue weighted by molar-refractivity contribution is 5.79. The maximum atomic E-state index is 4.87. The molecule has 0 aliphatic carbocycles. The molecule has 0 unspecified atom stereocenters. The van der Waals surface area contributed by atoms with Gasteiger partial charge in [0.05, 0.1) is 11.0 Å². The molecule has 3 heteroatoms. The van der Waals surface area contributed by atoms with Gasteiger partial charge in [-0.3, -0.25) is 0 Å². The molecule has 1 fully saturated rings. The second-order valence-electron chi connectivity index (χ2n) is 5.00. The summed E-state index contributed by atoms with van der Waals surface area (Å²) in [4.78, 5) is 4.87. The molecule has 2 heterocycles. The third-order valence-electron chi connectivity index (χ3n) is 3.85. The molecule has 0 amide bonds. The number of benzene rings is 1. The number of hydrogen-bond donors (Lipinski definition) is 1. The molecule has 0 saturated carbocycles. The molecule has 17 heavy (non-hydrogen) atoms. The van der Waals surface area contributed by atoms with Crippen LogP contribution in [0.3, 0.4) is 0 Å². The molecule has 1 aliphatic heterocycles. The predicted octanol–water partition coefficient (Wildman–Crippen LogP) is 2.35. The van der Waals surface area contributed by atoms with Crippen LogP contribution in [0.15, 0.2) is 18.2 Å². The number of para-hydroxylation sites is 1. The van der Waals surface area contributed by atoms with Crippen LogP contribution in [-0.4, -0.2) is 22.6 Å². The second kappa shape index (κ2) is 4.15. The lowest BCUT2D eigenvalue weighted by Gasteiger charge is -2.22. The topological polar surface area (TPSA) is 29.9 Å². The molecule has 3 rings (SSSR count). The third kappa shape index (κ3) is 1.75. The molecule has 0 bridgehead atoms.